The number of carbonyl (C=O) groups excluding carboxylic acids is 1. The van der Waals surface area contributed by atoms with Crippen molar-refractivity contribution < 1.29 is 9.18 Å². The summed E-state index contributed by atoms with van der Waals surface area (Å²) in [6.07, 6.45) is 0. The van der Waals surface area contributed by atoms with Gasteiger partial charge in [0.15, 0.2) is 0 Å². The summed E-state index contributed by atoms with van der Waals surface area (Å²) in [5, 5.41) is 2.66. The fourth-order valence-electron chi connectivity index (χ4n) is 0.874. The second-order valence-corrected chi connectivity index (χ2v) is 4.24. The predicted octanol–water partition coefficient (Wildman–Crippen LogP) is 2.15. The first-order valence-corrected chi connectivity index (χ1v) is 4.74. The van der Waals surface area contributed by atoms with Gasteiger partial charge in [-0.2, -0.15) is 0 Å². The molecular weight excluding hydrogens is 219 g/mol. The average molecular weight is 231 g/mol. The van der Waals surface area contributed by atoms with E-state index in [2.05, 4.69) is 5.32 Å². The van der Waals surface area contributed by atoms with Gasteiger partial charge in [-0.25, -0.2) is 4.39 Å². The standard InChI is InChI=1S/C10H12ClFN2O/c1-10(2,13)9(15)14-8-4-3-6(11)5-7(8)12/h3-5H,13H2,1-2H3,(H,14,15). The lowest BCUT2D eigenvalue weighted by atomic mass is 10.1. The number of carbonyl (C=O) groups is 1. The van der Waals surface area contributed by atoms with Crippen LogP contribution in [0.3, 0.4) is 0 Å². The molecule has 0 fully saturated rings. The number of benzene rings is 1. The summed E-state index contributed by atoms with van der Waals surface area (Å²) < 4.78 is 13.3. The van der Waals surface area contributed by atoms with E-state index in [1.165, 1.54) is 26.0 Å². The van der Waals surface area contributed by atoms with Crippen molar-refractivity contribution in [2.45, 2.75) is 19.4 Å². The summed E-state index contributed by atoms with van der Waals surface area (Å²) in [6.45, 7) is 3.08. The molecule has 1 aromatic rings. The molecule has 0 unspecified atom stereocenters. The molecule has 0 heterocycles. The van der Waals surface area contributed by atoms with E-state index in [0.29, 0.717) is 0 Å². The molecule has 0 aliphatic rings. The number of nitrogens with one attached hydrogen (secondary N) is 1. The fourth-order valence-corrected chi connectivity index (χ4v) is 1.03. The summed E-state index contributed by atoms with van der Waals surface area (Å²) in [7, 11) is 0. The molecule has 0 spiro atoms. The van der Waals surface area contributed by atoms with Crippen molar-refractivity contribution in [3.8, 4) is 0 Å². The number of rotatable bonds is 2. The Labute approximate surface area is 92.4 Å². The van der Waals surface area contributed by atoms with Gasteiger partial charge in [0.25, 0.3) is 0 Å². The van der Waals surface area contributed by atoms with Gasteiger partial charge in [0, 0.05) is 5.02 Å². The van der Waals surface area contributed by atoms with Gasteiger partial charge in [0.1, 0.15) is 5.82 Å². The molecule has 0 radical (unpaired) electrons. The Bertz CT molecular complexity index is 387. The predicted molar refractivity (Wildman–Crippen MR) is 58.3 cm³/mol. The molecule has 3 N–H and O–H groups in total. The van der Waals surface area contributed by atoms with E-state index in [9.17, 15) is 9.18 Å². The van der Waals surface area contributed by atoms with E-state index in [-0.39, 0.29) is 10.7 Å². The van der Waals surface area contributed by atoms with Crippen LogP contribution in [0.4, 0.5) is 10.1 Å². The van der Waals surface area contributed by atoms with E-state index in [1.807, 2.05) is 0 Å². The highest BCUT2D eigenvalue weighted by molar-refractivity contribution is 6.30. The Morgan fingerprint density at radius 2 is 2.13 bits per heavy atom. The van der Waals surface area contributed by atoms with Gasteiger partial charge in [0.05, 0.1) is 11.2 Å². The van der Waals surface area contributed by atoms with Gasteiger partial charge in [-0.15, -0.1) is 0 Å². The van der Waals surface area contributed by atoms with Crippen LogP contribution in [0.1, 0.15) is 13.8 Å². The lowest BCUT2D eigenvalue weighted by Crippen LogP contribution is -2.45. The minimum Gasteiger partial charge on any atom is -0.322 e. The molecule has 3 nitrogen and oxygen atoms in total. The third-order valence-corrected chi connectivity index (χ3v) is 2.00. The van der Waals surface area contributed by atoms with Crippen molar-refractivity contribution in [2.75, 3.05) is 5.32 Å². The number of anilines is 1. The molecular formula is C10H12ClFN2O. The highest BCUT2D eigenvalue weighted by Gasteiger charge is 2.22. The third kappa shape index (κ3) is 3.18. The SMILES string of the molecule is CC(C)(N)C(=O)Nc1ccc(Cl)cc1F. The van der Waals surface area contributed by atoms with E-state index >= 15 is 0 Å². The van der Waals surface area contributed by atoms with Gasteiger partial charge < -0.3 is 11.1 Å². The lowest BCUT2D eigenvalue weighted by molar-refractivity contribution is -0.120. The van der Waals surface area contributed by atoms with E-state index in [0.717, 1.165) is 6.07 Å². The zero-order valence-corrected chi connectivity index (χ0v) is 9.23. The molecule has 5 heteroatoms. The van der Waals surface area contributed by atoms with E-state index in [4.69, 9.17) is 17.3 Å². The first-order valence-electron chi connectivity index (χ1n) is 4.36. The molecule has 0 aliphatic heterocycles. The second-order valence-electron chi connectivity index (χ2n) is 3.80. The monoisotopic (exact) mass is 230 g/mol. The first-order chi connectivity index (χ1) is 6.80. The minimum absolute atomic E-state index is 0.0722. The van der Waals surface area contributed by atoms with Crippen LogP contribution in [0.5, 0.6) is 0 Å². The third-order valence-electron chi connectivity index (χ3n) is 1.76. The fraction of sp³-hybridized carbons (Fsp3) is 0.300. The Morgan fingerprint density at radius 1 is 1.53 bits per heavy atom. The highest BCUT2D eigenvalue weighted by atomic mass is 35.5. The van der Waals surface area contributed by atoms with Crippen LogP contribution in [0.15, 0.2) is 18.2 Å². The van der Waals surface area contributed by atoms with Crippen LogP contribution in [-0.4, -0.2) is 11.4 Å². The summed E-state index contributed by atoms with van der Waals surface area (Å²) in [5.74, 6) is -1.04. The van der Waals surface area contributed by atoms with Crippen molar-refractivity contribution in [1.82, 2.24) is 0 Å². The van der Waals surface area contributed by atoms with E-state index < -0.39 is 17.3 Å². The first kappa shape index (κ1) is 11.9. The Hall–Kier alpha value is -1.13. The van der Waals surface area contributed by atoms with Crippen LogP contribution in [0.2, 0.25) is 5.02 Å². The largest absolute Gasteiger partial charge is 0.322 e. The van der Waals surface area contributed by atoms with Gasteiger partial charge in [-0.3, -0.25) is 4.79 Å². The van der Waals surface area contributed by atoms with Crippen LogP contribution < -0.4 is 11.1 Å². The normalized spacial score (nSPS) is 11.3. The van der Waals surface area contributed by atoms with Crippen LogP contribution in [0, 0.1) is 5.82 Å². The van der Waals surface area contributed by atoms with Crippen molar-refractivity contribution in [2.24, 2.45) is 5.73 Å². The Kier molecular flexibility index (Phi) is 3.31. The van der Waals surface area contributed by atoms with Crippen LogP contribution >= 0.6 is 11.6 Å². The molecule has 1 amide bonds. The molecule has 0 bridgehead atoms. The zero-order chi connectivity index (χ0) is 11.6. The van der Waals surface area contributed by atoms with Gasteiger partial charge in [-0.05, 0) is 32.0 Å². The summed E-state index contributed by atoms with van der Waals surface area (Å²) >= 11 is 5.57. The maximum absolute atomic E-state index is 13.3. The molecule has 15 heavy (non-hydrogen) atoms. The second kappa shape index (κ2) is 4.16. The highest BCUT2D eigenvalue weighted by Crippen LogP contribution is 2.19. The summed E-state index contributed by atoms with van der Waals surface area (Å²) in [4.78, 5) is 11.4. The number of nitrogens with two attached hydrogens (primary N) is 1. The van der Waals surface area contributed by atoms with E-state index in [1.54, 1.807) is 0 Å². The molecule has 0 aromatic heterocycles. The maximum Gasteiger partial charge on any atom is 0.243 e. The Balaban J connectivity index is 2.87. The zero-order valence-electron chi connectivity index (χ0n) is 8.47. The number of amides is 1. The summed E-state index contributed by atoms with van der Waals surface area (Å²) in [5.41, 5.74) is 4.57. The maximum atomic E-state index is 13.3. The van der Waals surface area contributed by atoms with Crippen LogP contribution in [-0.2, 0) is 4.79 Å². The van der Waals surface area contributed by atoms with Crippen molar-refractivity contribution in [3.63, 3.8) is 0 Å². The van der Waals surface area contributed by atoms with Crippen molar-refractivity contribution in [1.29, 1.82) is 0 Å². The van der Waals surface area contributed by atoms with Crippen LogP contribution in [0.25, 0.3) is 0 Å². The number of hydrogen-bond donors (Lipinski definition) is 2. The Morgan fingerprint density at radius 3 is 2.60 bits per heavy atom. The molecule has 0 saturated carbocycles. The topological polar surface area (TPSA) is 55.1 Å². The minimum atomic E-state index is -1.05. The molecule has 1 rings (SSSR count). The molecule has 0 atom stereocenters. The van der Waals surface area contributed by atoms with Crippen molar-refractivity contribution in [3.05, 3.63) is 29.0 Å². The van der Waals surface area contributed by atoms with Gasteiger partial charge in [-0.1, -0.05) is 11.6 Å². The number of hydrogen-bond acceptors (Lipinski definition) is 2. The quantitative estimate of drug-likeness (QED) is 0.818. The molecule has 0 saturated heterocycles. The van der Waals surface area contributed by atoms with Crippen molar-refractivity contribution >= 4 is 23.2 Å². The average Bonchev–Trinajstić information content (AvgIpc) is 2.08. The molecule has 1 aromatic carbocycles. The van der Waals surface area contributed by atoms with Gasteiger partial charge in [0.2, 0.25) is 5.91 Å². The summed E-state index contributed by atoms with van der Waals surface area (Å²) in [6, 6.07) is 4.01. The lowest BCUT2D eigenvalue weighted by Gasteiger charge is -2.17. The van der Waals surface area contributed by atoms with Gasteiger partial charge >= 0.3 is 0 Å². The number of halogens is 2. The smallest absolute Gasteiger partial charge is 0.243 e. The molecule has 82 valence electrons. The molecule has 0 aliphatic carbocycles.